The smallest absolute Gasteiger partial charge is 0.408 e. The Morgan fingerprint density at radius 2 is 2.06 bits per heavy atom. The molecule has 1 amide bonds. The van der Waals surface area contributed by atoms with Gasteiger partial charge in [0.25, 0.3) is 5.91 Å². The number of hydrogen-bond donors (Lipinski definition) is 3. The van der Waals surface area contributed by atoms with E-state index in [1.165, 1.54) is 4.57 Å². The maximum absolute atomic E-state index is 12.6. The third-order valence-electron chi connectivity index (χ3n) is 5.71. The Balaban J connectivity index is 1.41. The lowest BCUT2D eigenvalue weighted by Crippen LogP contribution is -2.46. The van der Waals surface area contributed by atoms with E-state index in [4.69, 9.17) is 9.15 Å². The van der Waals surface area contributed by atoms with Crippen molar-refractivity contribution >= 4 is 17.0 Å². The highest BCUT2D eigenvalue weighted by atomic mass is 16.5. The van der Waals surface area contributed by atoms with Crippen LogP contribution in [0.1, 0.15) is 12.5 Å². The second-order valence-corrected chi connectivity index (χ2v) is 8.63. The van der Waals surface area contributed by atoms with Crippen molar-refractivity contribution in [1.29, 1.82) is 5.26 Å². The molecule has 4 rings (SSSR count). The topological polar surface area (TPSA) is 130 Å². The second kappa shape index (κ2) is 9.19. The van der Waals surface area contributed by atoms with Crippen LogP contribution in [0.5, 0.6) is 0 Å². The van der Waals surface area contributed by atoms with E-state index in [0.29, 0.717) is 24.1 Å². The van der Waals surface area contributed by atoms with Gasteiger partial charge in [-0.25, -0.2) is 4.79 Å². The molecule has 172 valence electrons. The summed E-state index contributed by atoms with van der Waals surface area (Å²) in [5.74, 6) is -0.792. The number of carbonyl (C=O) groups excluding carboxylic acids is 1. The molecule has 1 aromatic heterocycles. The monoisotopic (exact) mass is 450 g/mol. The van der Waals surface area contributed by atoms with Crippen molar-refractivity contribution in [2.45, 2.75) is 31.1 Å². The number of ether oxygens (including phenoxy) is 1. The number of rotatable bonds is 5. The minimum Gasteiger partial charge on any atom is -0.408 e. The minimum atomic E-state index is -1.04. The number of amides is 1. The van der Waals surface area contributed by atoms with Gasteiger partial charge in [0.15, 0.2) is 5.58 Å². The van der Waals surface area contributed by atoms with Crippen molar-refractivity contribution in [3.05, 3.63) is 58.6 Å². The summed E-state index contributed by atoms with van der Waals surface area (Å²) in [6.45, 7) is 2.27. The lowest BCUT2D eigenvalue weighted by atomic mass is 10.0. The summed E-state index contributed by atoms with van der Waals surface area (Å²) in [6.07, 6.45) is -0.429. The highest BCUT2D eigenvalue weighted by Gasteiger charge is 2.30. The molecule has 33 heavy (non-hydrogen) atoms. The van der Waals surface area contributed by atoms with E-state index in [1.54, 1.807) is 20.0 Å². The normalized spacial score (nSPS) is 21.8. The number of benzene rings is 2. The first-order chi connectivity index (χ1) is 15.8. The molecule has 1 saturated heterocycles. The zero-order chi connectivity index (χ0) is 23.6. The maximum atomic E-state index is 12.6. The summed E-state index contributed by atoms with van der Waals surface area (Å²) in [4.78, 5) is 24.3. The molecule has 0 saturated carbocycles. The van der Waals surface area contributed by atoms with Crippen LogP contribution >= 0.6 is 0 Å². The molecule has 3 unspecified atom stereocenters. The lowest BCUT2D eigenvalue weighted by molar-refractivity contribution is -0.135. The summed E-state index contributed by atoms with van der Waals surface area (Å²) in [6, 6.07) is 14.6. The number of aromatic nitrogens is 1. The number of β-amino-alcohol motifs (C(OH)–C–C–N with tert-alkyl or cyclic N) is 1. The van der Waals surface area contributed by atoms with E-state index in [1.807, 2.05) is 36.4 Å². The van der Waals surface area contributed by atoms with Gasteiger partial charge in [0.2, 0.25) is 0 Å². The number of nitrogens with one attached hydrogen (secondary N) is 2. The Hall–Kier alpha value is -3.45. The summed E-state index contributed by atoms with van der Waals surface area (Å²) < 4.78 is 12.2. The van der Waals surface area contributed by atoms with Crippen LogP contribution in [-0.4, -0.2) is 53.0 Å². The molecule has 2 heterocycles. The number of hydrogen-bond acceptors (Lipinski definition) is 7. The Kier molecular flexibility index (Phi) is 6.33. The molecule has 3 atom stereocenters. The molecule has 0 spiro atoms. The predicted molar refractivity (Wildman–Crippen MR) is 121 cm³/mol. The van der Waals surface area contributed by atoms with Crippen LogP contribution in [0.4, 0.5) is 0 Å². The summed E-state index contributed by atoms with van der Waals surface area (Å²) in [7, 11) is 1.66. The Bertz CT molecular complexity index is 1250. The Morgan fingerprint density at radius 3 is 2.79 bits per heavy atom. The number of nitrogens with zero attached hydrogens (tertiary/aromatic N) is 2. The van der Waals surface area contributed by atoms with Gasteiger partial charge >= 0.3 is 5.76 Å². The van der Waals surface area contributed by atoms with Crippen LogP contribution in [0.2, 0.25) is 0 Å². The summed E-state index contributed by atoms with van der Waals surface area (Å²) in [5, 5.41) is 25.3. The van der Waals surface area contributed by atoms with Gasteiger partial charge in [0, 0.05) is 26.6 Å². The third kappa shape index (κ3) is 5.14. The minimum absolute atomic E-state index is 0.0372. The summed E-state index contributed by atoms with van der Waals surface area (Å²) in [5.41, 5.74) is 2.99. The van der Waals surface area contributed by atoms with E-state index in [9.17, 15) is 20.0 Å². The molecular weight excluding hydrogens is 424 g/mol. The number of aliphatic hydroxyl groups is 1. The fourth-order valence-electron chi connectivity index (χ4n) is 3.80. The zero-order valence-electron chi connectivity index (χ0n) is 18.5. The summed E-state index contributed by atoms with van der Waals surface area (Å²) >= 11 is 0. The molecule has 0 bridgehead atoms. The molecule has 3 N–H and O–H groups in total. The van der Waals surface area contributed by atoms with Crippen LogP contribution in [0.25, 0.3) is 22.2 Å². The fraction of sp³-hybridized carbons (Fsp3) is 0.375. The van der Waals surface area contributed by atoms with Gasteiger partial charge in [-0.05, 0) is 35.7 Å². The molecule has 0 aliphatic carbocycles. The van der Waals surface area contributed by atoms with Crippen molar-refractivity contribution in [2.24, 2.45) is 7.05 Å². The third-order valence-corrected chi connectivity index (χ3v) is 5.71. The van der Waals surface area contributed by atoms with Crippen LogP contribution in [-0.2, 0) is 23.0 Å². The van der Waals surface area contributed by atoms with Gasteiger partial charge in [-0.3, -0.25) is 9.36 Å². The van der Waals surface area contributed by atoms with Crippen LogP contribution < -0.4 is 16.4 Å². The first-order valence-electron chi connectivity index (χ1n) is 10.7. The van der Waals surface area contributed by atoms with Gasteiger partial charge in [-0.2, -0.15) is 5.26 Å². The van der Waals surface area contributed by atoms with E-state index in [0.717, 1.165) is 16.7 Å². The van der Waals surface area contributed by atoms with Gasteiger partial charge in [-0.1, -0.05) is 30.3 Å². The lowest BCUT2D eigenvalue weighted by Gasteiger charge is -2.21. The molecular formula is C24H26N4O5. The van der Waals surface area contributed by atoms with Crippen LogP contribution in [0.15, 0.2) is 51.7 Å². The highest BCUT2D eigenvalue weighted by molar-refractivity contribution is 5.82. The molecule has 9 nitrogen and oxygen atoms in total. The average molecular weight is 450 g/mol. The van der Waals surface area contributed by atoms with Gasteiger partial charge < -0.3 is 24.9 Å². The molecule has 1 aliphatic rings. The average Bonchev–Trinajstić information content (AvgIpc) is 2.95. The van der Waals surface area contributed by atoms with Crippen molar-refractivity contribution in [3.8, 4) is 17.2 Å². The maximum Gasteiger partial charge on any atom is 0.419 e. The van der Waals surface area contributed by atoms with Crippen LogP contribution in [0, 0.1) is 11.3 Å². The molecule has 0 radical (unpaired) electrons. The van der Waals surface area contributed by atoms with Crippen molar-refractivity contribution in [2.75, 3.05) is 19.7 Å². The number of aryl methyl sites for hydroxylation is 1. The fourth-order valence-corrected chi connectivity index (χ4v) is 3.80. The number of nitriles is 1. The highest BCUT2D eigenvalue weighted by Crippen LogP contribution is 2.24. The van der Waals surface area contributed by atoms with Crippen LogP contribution in [0.3, 0.4) is 0 Å². The van der Waals surface area contributed by atoms with Gasteiger partial charge in [0.1, 0.15) is 12.1 Å². The van der Waals surface area contributed by atoms with Crippen molar-refractivity contribution in [1.82, 2.24) is 15.2 Å². The first-order valence-corrected chi connectivity index (χ1v) is 10.7. The molecule has 9 heteroatoms. The first kappa shape index (κ1) is 22.7. The predicted octanol–water partition coefficient (Wildman–Crippen LogP) is 1.09. The Morgan fingerprint density at radius 1 is 1.33 bits per heavy atom. The molecule has 1 aliphatic heterocycles. The quantitative estimate of drug-likeness (QED) is 0.531. The largest absolute Gasteiger partial charge is 0.419 e. The molecule has 3 aromatic rings. The van der Waals surface area contributed by atoms with E-state index >= 15 is 0 Å². The SMILES string of the molecule is Cn1c(=O)oc2ccc(-c3ccc(CC(C#N)NC(=O)C4CNCC(C)(O)CO4)cc3)cc21. The van der Waals surface area contributed by atoms with E-state index < -0.39 is 23.5 Å². The number of carbonyl (C=O) groups is 1. The molecule has 1 fully saturated rings. The van der Waals surface area contributed by atoms with Gasteiger partial charge in [-0.15, -0.1) is 0 Å². The number of fused-ring (bicyclic) bond motifs is 1. The van der Waals surface area contributed by atoms with Crippen molar-refractivity contribution < 1.29 is 19.1 Å². The Labute approximate surface area is 190 Å². The van der Waals surface area contributed by atoms with E-state index in [2.05, 4.69) is 16.7 Å². The van der Waals surface area contributed by atoms with E-state index in [-0.39, 0.29) is 19.1 Å². The van der Waals surface area contributed by atoms with Crippen molar-refractivity contribution in [3.63, 3.8) is 0 Å². The number of oxazole rings is 1. The standard InChI is InChI=1S/C24H26N4O5/c1-24(31)13-26-12-21(32-14-24)22(29)27-18(11-25)9-15-3-5-16(6-4-15)17-7-8-20-19(10-17)28(2)23(30)33-20/h3-8,10,18,21,26,31H,9,12-14H2,1-2H3,(H,27,29). The second-order valence-electron chi connectivity index (χ2n) is 8.63. The molecule has 2 aromatic carbocycles. The van der Waals surface area contributed by atoms with Gasteiger partial charge in [0.05, 0.1) is 23.8 Å². The zero-order valence-corrected chi connectivity index (χ0v) is 18.5.